The number of ketones is 1. The van der Waals surface area contributed by atoms with Crippen molar-refractivity contribution in [2.24, 2.45) is 0 Å². The Labute approximate surface area is 162 Å². The Bertz CT molecular complexity index is 988. The predicted molar refractivity (Wildman–Crippen MR) is 102 cm³/mol. The van der Waals surface area contributed by atoms with E-state index in [0.717, 1.165) is 6.08 Å². The van der Waals surface area contributed by atoms with E-state index in [0.29, 0.717) is 22.1 Å². The zero-order valence-electron chi connectivity index (χ0n) is 16.1. The molecule has 1 aliphatic carbocycles. The van der Waals surface area contributed by atoms with Crippen LogP contribution in [0.4, 0.5) is 0 Å². The largest absolute Gasteiger partial charge is 0.506 e. The third-order valence-electron chi connectivity index (χ3n) is 5.06. The number of carbonyl (C=O) groups is 2. The molecule has 0 fully saturated rings. The second-order valence-electron chi connectivity index (χ2n) is 6.91. The zero-order valence-corrected chi connectivity index (χ0v) is 16.1. The van der Waals surface area contributed by atoms with Gasteiger partial charge in [-0.2, -0.15) is 0 Å². The Kier molecular flexibility index (Phi) is 5.04. The lowest BCUT2D eigenvalue weighted by molar-refractivity contribution is -0.135. The number of benzene rings is 2. The minimum Gasteiger partial charge on any atom is -0.506 e. The quantitative estimate of drug-likeness (QED) is 0.473. The molecule has 0 bridgehead atoms. The highest BCUT2D eigenvalue weighted by Gasteiger charge is 2.46. The fourth-order valence-corrected chi connectivity index (χ4v) is 3.86. The fraction of sp³-hybridized carbons (Fsp3) is 0.333. The molecule has 0 aliphatic heterocycles. The summed E-state index contributed by atoms with van der Waals surface area (Å²) < 4.78 is 15.4. The van der Waals surface area contributed by atoms with E-state index in [-0.39, 0.29) is 23.5 Å². The van der Waals surface area contributed by atoms with Crippen molar-refractivity contribution in [3.05, 3.63) is 47.2 Å². The molecule has 2 unspecified atom stereocenters. The van der Waals surface area contributed by atoms with Crippen LogP contribution in [0.15, 0.2) is 36.1 Å². The van der Waals surface area contributed by atoms with Crippen LogP contribution in [-0.4, -0.2) is 48.9 Å². The monoisotopic (exact) mass is 386 g/mol. The standard InChI is InChI=1S/C21H22O7/c1-21(25)10-13(22)18-12(19(21)15(27-3)9-16(23)28-4)8-11-6-5-7-14(26-2)17(11)20(18)24/h5-9,19,24-25H,10H2,1-4H3/b15-9-. The van der Waals surface area contributed by atoms with Crippen molar-refractivity contribution in [3.8, 4) is 11.5 Å². The molecule has 7 nitrogen and oxygen atoms in total. The van der Waals surface area contributed by atoms with Crippen LogP contribution in [0.3, 0.4) is 0 Å². The molecule has 7 heteroatoms. The molecular formula is C21H22O7. The van der Waals surface area contributed by atoms with E-state index >= 15 is 0 Å². The molecule has 2 atom stereocenters. The number of esters is 1. The zero-order chi connectivity index (χ0) is 20.6. The van der Waals surface area contributed by atoms with Gasteiger partial charge in [0.1, 0.15) is 17.3 Å². The maximum atomic E-state index is 12.8. The average molecular weight is 386 g/mol. The molecule has 2 N–H and O–H groups in total. The Balaban J connectivity index is 2.36. The molecule has 0 saturated carbocycles. The third kappa shape index (κ3) is 3.07. The third-order valence-corrected chi connectivity index (χ3v) is 5.06. The number of Topliss-reactive ketones (excluding diaryl/α,β-unsaturated/α-hetero) is 1. The van der Waals surface area contributed by atoms with E-state index in [1.807, 2.05) is 0 Å². The molecular weight excluding hydrogens is 364 g/mol. The molecule has 0 heterocycles. The molecule has 28 heavy (non-hydrogen) atoms. The summed E-state index contributed by atoms with van der Waals surface area (Å²) >= 11 is 0. The second-order valence-corrected chi connectivity index (χ2v) is 6.91. The SMILES string of the molecule is COC(=O)/C=C(\OC)C1c2cc3cccc(OC)c3c(O)c2C(=O)CC1(C)O. The summed E-state index contributed by atoms with van der Waals surface area (Å²) in [7, 11) is 4.07. The first-order valence-corrected chi connectivity index (χ1v) is 8.66. The number of phenolic OH excluding ortho intramolecular Hbond substituents is 1. The summed E-state index contributed by atoms with van der Waals surface area (Å²) in [6, 6.07) is 6.91. The van der Waals surface area contributed by atoms with Gasteiger partial charge in [0.25, 0.3) is 0 Å². The summed E-state index contributed by atoms with van der Waals surface area (Å²) in [5, 5.41) is 23.0. The number of hydrogen-bond donors (Lipinski definition) is 2. The van der Waals surface area contributed by atoms with Crippen molar-refractivity contribution >= 4 is 22.5 Å². The van der Waals surface area contributed by atoms with Crippen molar-refractivity contribution in [1.82, 2.24) is 0 Å². The Morgan fingerprint density at radius 2 is 1.96 bits per heavy atom. The van der Waals surface area contributed by atoms with Gasteiger partial charge in [-0.1, -0.05) is 12.1 Å². The van der Waals surface area contributed by atoms with Crippen molar-refractivity contribution < 1.29 is 34.0 Å². The van der Waals surface area contributed by atoms with Gasteiger partial charge in [0.2, 0.25) is 0 Å². The van der Waals surface area contributed by atoms with Crippen molar-refractivity contribution in [2.75, 3.05) is 21.3 Å². The van der Waals surface area contributed by atoms with Crippen LogP contribution in [0.1, 0.15) is 35.2 Å². The summed E-state index contributed by atoms with van der Waals surface area (Å²) in [5.41, 5.74) is -1.07. The van der Waals surface area contributed by atoms with Crippen molar-refractivity contribution in [1.29, 1.82) is 0 Å². The number of aromatic hydroxyl groups is 1. The minimum atomic E-state index is -1.53. The number of aliphatic hydroxyl groups is 1. The Morgan fingerprint density at radius 3 is 2.57 bits per heavy atom. The van der Waals surface area contributed by atoms with E-state index in [1.165, 1.54) is 28.3 Å². The van der Waals surface area contributed by atoms with Gasteiger partial charge in [-0.05, 0) is 30.0 Å². The topological polar surface area (TPSA) is 102 Å². The lowest BCUT2D eigenvalue weighted by Crippen LogP contribution is -2.41. The number of ether oxygens (including phenoxy) is 3. The first kappa shape index (κ1) is 19.7. The van der Waals surface area contributed by atoms with E-state index in [9.17, 15) is 19.8 Å². The Morgan fingerprint density at radius 1 is 1.25 bits per heavy atom. The number of rotatable bonds is 4. The molecule has 3 rings (SSSR count). The van der Waals surface area contributed by atoms with E-state index in [2.05, 4.69) is 4.74 Å². The van der Waals surface area contributed by atoms with Gasteiger partial charge < -0.3 is 24.4 Å². The van der Waals surface area contributed by atoms with Gasteiger partial charge >= 0.3 is 5.97 Å². The first-order chi connectivity index (χ1) is 13.2. The number of carbonyl (C=O) groups excluding carboxylic acids is 2. The van der Waals surface area contributed by atoms with Gasteiger partial charge in [-0.15, -0.1) is 0 Å². The van der Waals surface area contributed by atoms with E-state index in [4.69, 9.17) is 9.47 Å². The maximum Gasteiger partial charge on any atom is 0.333 e. The van der Waals surface area contributed by atoms with Crippen LogP contribution in [0.5, 0.6) is 11.5 Å². The van der Waals surface area contributed by atoms with Crippen molar-refractivity contribution in [3.63, 3.8) is 0 Å². The highest BCUT2D eigenvalue weighted by atomic mass is 16.5. The van der Waals surface area contributed by atoms with Crippen LogP contribution in [0.2, 0.25) is 0 Å². The molecule has 0 saturated heterocycles. The summed E-state index contributed by atoms with van der Waals surface area (Å²) in [6.07, 6.45) is 0.881. The van der Waals surface area contributed by atoms with Gasteiger partial charge in [0.05, 0.1) is 49.9 Å². The summed E-state index contributed by atoms with van der Waals surface area (Å²) in [6.45, 7) is 1.50. The van der Waals surface area contributed by atoms with Crippen LogP contribution in [-0.2, 0) is 14.3 Å². The Hall–Kier alpha value is -3.06. The van der Waals surface area contributed by atoms with Crippen molar-refractivity contribution in [2.45, 2.75) is 24.9 Å². The molecule has 0 radical (unpaired) electrons. The number of hydrogen-bond acceptors (Lipinski definition) is 7. The maximum absolute atomic E-state index is 12.8. The minimum absolute atomic E-state index is 0.0846. The number of fused-ring (bicyclic) bond motifs is 2. The average Bonchev–Trinajstić information content (AvgIpc) is 2.65. The molecule has 0 aromatic heterocycles. The molecule has 0 amide bonds. The lowest BCUT2D eigenvalue weighted by Gasteiger charge is -2.38. The number of methoxy groups -OCH3 is 3. The first-order valence-electron chi connectivity index (χ1n) is 8.66. The fourth-order valence-electron chi connectivity index (χ4n) is 3.86. The van der Waals surface area contributed by atoms with E-state index < -0.39 is 23.3 Å². The highest BCUT2D eigenvalue weighted by Crippen LogP contribution is 2.49. The van der Waals surface area contributed by atoms with Gasteiger partial charge in [-0.3, -0.25) is 4.79 Å². The van der Waals surface area contributed by atoms with Gasteiger partial charge in [-0.25, -0.2) is 4.79 Å². The lowest BCUT2D eigenvalue weighted by atomic mass is 9.70. The number of phenols is 1. The molecule has 1 aliphatic rings. The van der Waals surface area contributed by atoms with Crippen LogP contribution >= 0.6 is 0 Å². The molecule has 2 aromatic carbocycles. The van der Waals surface area contributed by atoms with Gasteiger partial charge in [0.15, 0.2) is 5.78 Å². The van der Waals surface area contributed by atoms with Gasteiger partial charge in [0, 0.05) is 6.42 Å². The van der Waals surface area contributed by atoms with Crippen LogP contribution < -0.4 is 4.74 Å². The highest BCUT2D eigenvalue weighted by molar-refractivity contribution is 6.09. The summed E-state index contributed by atoms with van der Waals surface area (Å²) in [4.78, 5) is 24.6. The molecule has 148 valence electrons. The molecule has 0 spiro atoms. The smallest absolute Gasteiger partial charge is 0.333 e. The second kappa shape index (κ2) is 7.16. The summed E-state index contributed by atoms with van der Waals surface area (Å²) in [5.74, 6) is -1.58. The normalized spacial score (nSPS) is 22.0. The van der Waals surface area contributed by atoms with E-state index in [1.54, 1.807) is 24.3 Å². The van der Waals surface area contributed by atoms with Crippen LogP contribution in [0.25, 0.3) is 10.8 Å². The molecule has 2 aromatic rings. The predicted octanol–water partition coefficient (Wildman–Crippen LogP) is 2.68. The van der Waals surface area contributed by atoms with Crippen LogP contribution in [0, 0.1) is 0 Å².